The molecule has 1 atom stereocenters. The van der Waals surface area contributed by atoms with Crippen LogP contribution in [0.25, 0.3) is 0 Å². The van der Waals surface area contributed by atoms with E-state index in [0.717, 1.165) is 19.3 Å². The van der Waals surface area contributed by atoms with Crippen LogP contribution in [-0.2, 0) is 4.79 Å². The van der Waals surface area contributed by atoms with E-state index in [-0.39, 0.29) is 17.2 Å². The number of rotatable bonds is 2. The minimum Gasteiger partial charge on any atom is -0.325 e. The third-order valence-electron chi connectivity index (χ3n) is 3.93. The van der Waals surface area contributed by atoms with Crippen LogP contribution in [0.15, 0.2) is 18.2 Å². The SMILES string of the molecule is CC1(C)CCCC1C(=O)Nc1ccc(C#N)cc1Cl. The maximum Gasteiger partial charge on any atom is 0.228 e. The smallest absolute Gasteiger partial charge is 0.228 e. The number of amides is 1. The molecule has 0 aliphatic heterocycles. The Morgan fingerprint density at radius 2 is 2.26 bits per heavy atom. The Kier molecular flexibility index (Phi) is 3.82. The van der Waals surface area contributed by atoms with Gasteiger partial charge in [-0.2, -0.15) is 5.26 Å². The molecule has 0 radical (unpaired) electrons. The second-order valence-electron chi connectivity index (χ2n) is 5.73. The van der Waals surface area contributed by atoms with Crippen molar-refractivity contribution in [2.24, 2.45) is 11.3 Å². The van der Waals surface area contributed by atoms with Gasteiger partial charge in [0.25, 0.3) is 0 Å². The minimum atomic E-state index is 0.0223. The molecule has 1 aliphatic carbocycles. The van der Waals surface area contributed by atoms with E-state index in [1.54, 1.807) is 18.2 Å². The summed E-state index contributed by atoms with van der Waals surface area (Å²) < 4.78 is 0. The second-order valence-corrected chi connectivity index (χ2v) is 6.14. The molecule has 0 aromatic heterocycles. The molecule has 1 saturated carbocycles. The molecule has 0 bridgehead atoms. The number of benzene rings is 1. The van der Waals surface area contributed by atoms with Crippen LogP contribution in [0, 0.1) is 22.7 Å². The molecule has 1 unspecified atom stereocenters. The van der Waals surface area contributed by atoms with Gasteiger partial charge in [-0.1, -0.05) is 31.9 Å². The first-order valence-electron chi connectivity index (χ1n) is 6.44. The van der Waals surface area contributed by atoms with Crippen molar-refractivity contribution in [2.45, 2.75) is 33.1 Å². The molecular weight excluding hydrogens is 260 g/mol. The molecule has 100 valence electrons. The Morgan fingerprint density at radius 3 is 2.79 bits per heavy atom. The van der Waals surface area contributed by atoms with Crippen molar-refractivity contribution < 1.29 is 4.79 Å². The number of halogens is 1. The topological polar surface area (TPSA) is 52.9 Å². The Labute approximate surface area is 118 Å². The van der Waals surface area contributed by atoms with Crippen LogP contribution < -0.4 is 5.32 Å². The number of anilines is 1. The fourth-order valence-corrected chi connectivity index (χ4v) is 2.95. The first-order chi connectivity index (χ1) is 8.94. The number of hydrogen-bond donors (Lipinski definition) is 1. The average Bonchev–Trinajstić information content (AvgIpc) is 2.71. The standard InChI is InChI=1S/C15H17ClN2O/c1-15(2)7-3-4-11(15)14(19)18-13-6-5-10(9-17)8-12(13)16/h5-6,8,11H,3-4,7H2,1-2H3,(H,18,19). The van der Waals surface area contributed by atoms with E-state index in [0.29, 0.717) is 16.3 Å². The minimum absolute atomic E-state index is 0.0223. The van der Waals surface area contributed by atoms with Crippen molar-refractivity contribution in [3.63, 3.8) is 0 Å². The van der Waals surface area contributed by atoms with Gasteiger partial charge in [0, 0.05) is 5.92 Å². The molecular formula is C15H17ClN2O. The lowest BCUT2D eigenvalue weighted by Gasteiger charge is -2.26. The van der Waals surface area contributed by atoms with Crippen LogP contribution >= 0.6 is 11.6 Å². The Hall–Kier alpha value is -1.53. The zero-order chi connectivity index (χ0) is 14.0. The van der Waals surface area contributed by atoms with E-state index in [2.05, 4.69) is 19.2 Å². The van der Waals surface area contributed by atoms with Gasteiger partial charge < -0.3 is 5.32 Å². The van der Waals surface area contributed by atoms with Crippen molar-refractivity contribution in [3.05, 3.63) is 28.8 Å². The molecule has 1 aliphatic rings. The molecule has 0 heterocycles. The number of carbonyl (C=O) groups is 1. The quantitative estimate of drug-likeness (QED) is 0.888. The Balaban J connectivity index is 2.14. The van der Waals surface area contributed by atoms with Crippen molar-refractivity contribution in [1.82, 2.24) is 0 Å². The summed E-state index contributed by atoms with van der Waals surface area (Å²) in [5.41, 5.74) is 1.11. The number of nitrogens with zero attached hydrogens (tertiary/aromatic N) is 1. The summed E-state index contributed by atoms with van der Waals surface area (Å²) in [5, 5.41) is 12.1. The average molecular weight is 277 g/mol. The molecule has 1 fully saturated rings. The molecule has 0 saturated heterocycles. The highest BCUT2D eigenvalue weighted by atomic mass is 35.5. The number of carbonyl (C=O) groups excluding carboxylic acids is 1. The Bertz CT molecular complexity index is 546. The van der Waals surface area contributed by atoms with Crippen molar-refractivity contribution >= 4 is 23.2 Å². The van der Waals surface area contributed by atoms with E-state index in [1.807, 2.05) is 6.07 Å². The molecule has 3 nitrogen and oxygen atoms in total. The molecule has 1 aromatic rings. The highest BCUT2D eigenvalue weighted by molar-refractivity contribution is 6.33. The van der Waals surface area contributed by atoms with Gasteiger partial charge in [0.1, 0.15) is 0 Å². The van der Waals surface area contributed by atoms with Gasteiger partial charge in [-0.05, 0) is 36.5 Å². The number of hydrogen-bond acceptors (Lipinski definition) is 2. The molecule has 1 amide bonds. The van der Waals surface area contributed by atoms with Crippen LogP contribution in [0.1, 0.15) is 38.7 Å². The molecule has 2 rings (SSSR count). The van der Waals surface area contributed by atoms with E-state index in [1.165, 1.54) is 0 Å². The third kappa shape index (κ3) is 2.90. The maximum atomic E-state index is 12.3. The van der Waals surface area contributed by atoms with E-state index in [9.17, 15) is 4.79 Å². The summed E-state index contributed by atoms with van der Waals surface area (Å²) in [4.78, 5) is 12.3. The van der Waals surface area contributed by atoms with Gasteiger partial charge in [-0.15, -0.1) is 0 Å². The molecule has 1 aromatic carbocycles. The molecule has 1 N–H and O–H groups in total. The summed E-state index contributed by atoms with van der Waals surface area (Å²) in [5.74, 6) is 0.0494. The lowest BCUT2D eigenvalue weighted by molar-refractivity contribution is -0.122. The van der Waals surface area contributed by atoms with Crippen LogP contribution in [0.3, 0.4) is 0 Å². The normalized spacial score (nSPS) is 20.8. The Morgan fingerprint density at radius 1 is 1.53 bits per heavy atom. The monoisotopic (exact) mass is 276 g/mol. The van der Waals surface area contributed by atoms with Crippen LogP contribution in [0.4, 0.5) is 5.69 Å². The predicted molar refractivity (Wildman–Crippen MR) is 75.9 cm³/mol. The number of nitriles is 1. The van der Waals surface area contributed by atoms with Crippen LogP contribution in [0.2, 0.25) is 5.02 Å². The van der Waals surface area contributed by atoms with E-state index < -0.39 is 0 Å². The third-order valence-corrected chi connectivity index (χ3v) is 4.24. The lowest BCUT2D eigenvalue weighted by atomic mass is 9.81. The fourth-order valence-electron chi connectivity index (χ4n) is 2.72. The lowest BCUT2D eigenvalue weighted by Crippen LogP contribution is -2.30. The largest absolute Gasteiger partial charge is 0.325 e. The molecule has 19 heavy (non-hydrogen) atoms. The summed E-state index contributed by atoms with van der Waals surface area (Å²) in [6.45, 7) is 4.26. The van der Waals surface area contributed by atoms with Gasteiger partial charge in [0.2, 0.25) is 5.91 Å². The fraction of sp³-hybridized carbons (Fsp3) is 0.467. The van der Waals surface area contributed by atoms with Crippen LogP contribution in [0.5, 0.6) is 0 Å². The van der Waals surface area contributed by atoms with Crippen molar-refractivity contribution in [1.29, 1.82) is 5.26 Å². The number of nitrogens with one attached hydrogen (secondary N) is 1. The highest BCUT2D eigenvalue weighted by Crippen LogP contribution is 2.43. The van der Waals surface area contributed by atoms with Gasteiger partial charge in [-0.25, -0.2) is 0 Å². The van der Waals surface area contributed by atoms with Gasteiger partial charge in [0.15, 0.2) is 0 Å². The van der Waals surface area contributed by atoms with E-state index in [4.69, 9.17) is 16.9 Å². The first-order valence-corrected chi connectivity index (χ1v) is 6.82. The van der Waals surface area contributed by atoms with Crippen LogP contribution in [-0.4, -0.2) is 5.91 Å². The first kappa shape index (κ1) is 13.9. The van der Waals surface area contributed by atoms with Gasteiger partial charge in [0.05, 0.1) is 22.3 Å². The van der Waals surface area contributed by atoms with Crippen molar-refractivity contribution in [2.75, 3.05) is 5.32 Å². The zero-order valence-electron chi connectivity index (χ0n) is 11.2. The summed E-state index contributed by atoms with van der Waals surface area (Å²) in [6.07, 6.45) is 3.09. The van der Waals surface area contributed by atoms with Gasteiger partial charge >= 0.3 is 0 Å². The highest BCUT2D eigenvalue weighted by Gasteiger charge is 2.39. The summed E-state index contributed by atoms with van der Waals surface area (Å²) >= 11 is 6.06. The van der Waals surface area contributed by atoms with E-state index >= 15 is 0 Å². The van der Waals surface area contributed by atoms with Gasteiger partial charge in [-0.3, -0.25) is 4.79 Å². The van der Waals surface area contributed by atoms with Crippen molar-refractivity contribution in [3.8, 4) is 6.07 Å². The molecule has 0 spiro atoms. The maximum absolute atomic E-state index is 12.3. The molecule has 4 heteroatoms. The zero-order valence-corrected chi connectivity index (χ0v) is 11.9. The second kappa shape index (κ2) is 5.22. The summed E-state index contributed by atoms with van der Waals surface area (Å²) in [7, 11) is 0. The predicted octanol–water partition coefficient (Wildman–Crippen LogP) is 3.98. The summed E-state index contributed by atoms with van der Waals surface area (Å²) in [6, 6.07) is 6.92.